The van der Waals surface area contributed by atoms with Crippen LogP contribution in [0.3, 0.4) is 0 Å². The number of aryl methyl sites for hydroxylation is 2. The van der Waals surface area contributed by atoms with E-state index in [4.69, 9.17) is 11.6 Å². The highest BCUT2D eigenvalue weighted by Gasteiger charge is 2.38. The number of fused-ring (bicyclic) bond motifs is 6. The molecule has 0 spiro atoms. The van der Waals surface area contributed by atoms with Gasteiger partial charge in [0.15, 0.2) is 11.4 Å². The van der Waals surface area contributed by atoms with Gasteiger partial charge in [-0.3, -0.25) is 14.4 Å². The van der Waals surface area contributed by atoms with Gasteiger partial charge in [-0.15, -0.1) is 0 Å². The van der Waals surface area contributed by atoms with E-state index < -0.39 is 28.8 Å². The second-order valence-corrected chi connectivity index (χ2v) is 9.07. The summed E-state index contributed by atoms with van der Waals surface area (Å²) in [5, 5.41) is 13.8. The molecule has 3 aromatic rings. The molecule has 34 heavy (non-hydrogen) atoms. The number of hydrogen-bond acceptors (Lipinski definition) is 4. The number of anilines is 1. The number of aromatic nitrogens is 1. The van der Waals surface area contributed by atoms with Crippen LogP contribution in [0.5, 0.6) is 5.75 Å². The van der Waals surface area contributed by atoms with Crippen LogP contribution in [0.1, 0.15) is 50.0 Å². The third-order valence-electron chi connectivity index (χ3n) is 6.42. The molecule has 0 aliphatic carbocycles. The van der Waals surface area contributed by atoms with Crippen LogP contribution >= 0.6 is 11.6 Å². The predicted molar refractivity (Wildman–Crippen MR) is 125 cm³/mol. The number of carbonyl (C=O) groups is 2. The van der Waals surface area contributed by atoms with Gasteiger partial charge < -0.3 is 19.9 Å². The molecule has 2 N–H and O–H groups in total. The molecule has 9 heteroatoms. The van der Waals surface area contributed by atoms with Crippen LogP contribution in [0.25, 0.3) is 0 Å². The molecule has 2 amide bonds. The summed E-state index contributed by atoms with van der Waals surface area (Å²) in [6.07, 6.45) is 2.56. The average molecular weight is 482 g/mol. The minimum absolute atomic E-state index is 0.126. The number of hydrogen-bond donors (Lipinski definition) is 2. The minimum atomic E-state index is -0.947. The first-order valence-corrected chi connectivity index (χ1v) is 11.2. The van der Waals surface area contributed by atoms with E-state index in [1.165, 1.54) is 21.7 Å². The van der Waals surface area contributed by atoms with Crippen LogP contribution in [0.4, 0.5) is 10.1 Å². The Morgan fingerprint density at radius 1 is 1.24 bits per heavy atom. The van der Waals surface area contributed by atoms with E-state index in [1.54, 1.807) is 31.2 Å². The monoisotopic (exact) mass is 481 g/mol. The zero-order chi connectivity index (χ0) is 24.1. The van der Waals surface area contributed by atoms with Crippen molar-refractivity contribution >= 4 is 29.1 Å². The van der Waals surface area contributed by atoms with Crippen LogP contribution in [0.15, 0.2) is 47.4 Å². The average Bonchev–Trinajstić information content (AvgIpc) is 2.96. The summed E-state index contributed by atoms with van der Waals surface area (Å²) in [6.45, 7) is 1.96. The van der Waals surface area contributed by atoms with E-state index in [0.29, 0.717) is 30.1 Å². The van der Waals surface area contributed by atoms with E-state index in [1.807, 2.05) is 6.07 Å². The van der Waals surface area contributed by atoms with E-state index in [9.17, 15) is 23.9 Å². The molecule has 2 bridgehead atoms. The molecule has 3 heterocycles. The molecular formula is C25H21ClFN3O4. The first kappa shape index (κ1) is 22.2. The van der Waals surface area contributed by atoms with Gasteiger partial charge in [0.2, 0.25) is 5.43 Å². The molecule has 0 unspecified atom stereocenters. The van der Waals surface area contributed by atoms with Crippen molar-refractivity contribution in [3.05, 3.63) is 91.6 Å². The lowest BCUT2D eigenvalue weighted by molar-refractivity contribution is 0.0929. The molecule has 2 aliphatic rings. The molecule has 1 aromatic heterocycles. The van der Waals surface area contributed by atoms with Gasteiger partial charge in [0.05, 0.1) is 6.04 Å². The van der Waals surface area contributed by atoms with Gasteiger partial charge in [-0.05, 0) is 55.2 Å². The van der Waals surface area contributed by atoms with Crippen molar-refractivity contribution in [2.75, 3.05) is 11.4 Å². The highest BCUT2D eigenvalue weighted by Crippen LogP contribution is 2.38. The molecule has 1 atom stereocenters. The van der Waals surface area contributed by atoms with Crippen LogP contribution in [0.2, 0.25) is 5.02 Å². The largest absolute Gasteiger partial charge is 0.503 e. The fourth-order valence-corrected chi connectivity index (χ4v) is 4.83. The first-order chi connectivity index (χ1) is 16.2. The summed E-state index contributed by atoms with van der Waals surface area (Å²) in [6, 6.07) is 9.64. The summed E-state index contributed by atoms with van der Waals surface area (Å²) in [5.41, 5.74) is 1.21. The second kappa shape index (κ2) is 8.29. The molecule has 0 fully saturated rings. The van der Waals surface area contributed by atoms with Crippen molar-refractivity contribution in [3.63, 3.8) is 0 Å². The fraction of sp³-hybridized carbons (Fsp3) is 0.240. The van der Waals surface area contributed by atoms with Gasteiger partial charge in [0.25, 0.3) is 11.8 Å². The lowest BCUT2D eigenvalue weighted by atomic mass is 10.0. The van der Waals surface area contributed by atoms with E-state index in [-0.39, 0.29) is 29.4 Å². The third kappa shape index (κ3) is 3.64. The molecule has 2 aromatic carbocycles. The quantitative estimate of drug-likeness (QED) is 0.596. The van der Waals surface area contributed by atoms with Crippen molar-refractivity contribution in [2.24, 2.45) is 0 Å². The van der Waals surface area contributed by atoms with E-state index in [0.717, 1.165) is 11.1 Å². The summed E-state index contributed by atoms with van der Waals surface area (Å²) in [4.78, 5) is 40.5. The van der Waals surface area contributed by atoms with Gasteiger partial charge in [0, 0.05) is 35.6 Å². The number of rotatable bonds is 3. The van der Waals surface area contributed by atoms with Gasteiger partial charge in [0.1, 0.15) is 11.4 Å². The number of nitrogens with one attached hydrogen (secondary N) is 1. The zero-order valence-electron chi connectivity index (χ0n) is 18.3. The molecule has 7 nitrogen and oxygen atoms in total. The number of nitrogens with zero attached hydrogens (tertiary/aromatic N) is 2. The SMILES string of the molecule is Cc1ccc(CNC(=O)c2cn3c(c(O)c2=O)C(=O)N2C[C@H]3CCc3cc(Cl)ccc32)c(F)c1. The maximum absolute atomic E-state index is 14.1. The van der Waals surface area contributed by atoms with Crippen LogP contribution < -0.4 is 15.6 Å². The first-order valence-electron chi connectivity index (χ1n) is 10.9. The molecule has 5 rings (SSSR count). The Labute approximate surface area is 199 Å². The Hall–Kier alpha value is -3.65. The van der Waals surface area contributed by atoms with Crippen molar-refractivity contribution in [2.45, 2.75) is 32.4 Å². The number of aromatic hydroxyl groups is 1. The normalized spacial score (nSPS) is 16.5. The topological polar surface area (TPSA) is 91.6 Å². The molecule has 2 aliphatic heterocycles. The van der Waals surface area contributed by atoms with Crippen molar-refractivity contribution in [3.8, 4) is 5.75 Å². The standard InChI is InChI=1S/C25H21ClFN3O4/c1-13-2-3-15(19(27)8-13)10-28-24(33)18-12-29-17-6-4-14-9-16(26)5-7-20(14)30(11-17)25(34)21(29)23(32)22(18)31/h2-3,5,7-9,12,17,32H,4,6,10-11H2,1H3,(H,28,33)/t17-/m1/s1. The lowest BCUT2D eigenvalue weighted by Gasteiger charge is -2.35. The number of halogens is 2. The van der Waals surface area contributed by atoms with Gasteiger partial charge in [-0.25, -0.2) is 4.39 Å². The van der Waals surface area contributed by atoms with Gasteiger partial charge >= 0.3 is 0 Å². The minimum Gasteiger partial charge on any atom is -0.503 e. The van der Waals surface area contributed by atoms with Crippen molar-refractivity contribution < 1.29 is 19.1 Å². The van der Waals surface area contributed by atoms with Crippen LogP contribution in [-0.4, -0.2) is 28.0 Å². The molecule has 0 radical (unpaired) electrons. The Morgan fingerprint density at radius 2 is 2.03 bits per heavy atom. The second-order valence-electron chi connectivity index (χ2n) is 8.64. The molecule has 0 saturated carbocycles. The Kier molecular flexibility index (Phi) is 5.40. The lowest BCUT2D eigenvalue weighted by Crippen LogP contribution is -2.44. The Balaban J connectivity index is 1.50. The van der Waals surface area contributed by atoms with Crippen molar-refractivity contribution in [1.29, 1.82) is 0 Å². The van der Waals surface area contributed by atoms with E-state index >= 15 is 0 Å². The Morgan fingerprint density at radius 3 is 2.79 bits per heavy atom. The number of amides is 2. The zero-order valence-corrected chi connectivity index (χ0v) is 19.0. The summed E-state index contributed by atoms with van der Waals surface area (Å²) >= 11 is 6.13. The van der Waals surface area contributed by atoms with E-state index in [2.05, 4.69) is 5.32 Å². The third-order valence-corrected chi connectivity index (χ3v) is 6.65. The van der Waals surface area contributed by atoms with Crippen molar-refractivity contribution in [1.82, 2.24) is 9.88 Å². The predicted octanol–water partition coefficient (Wildman–Crippen LogP) is 3.73. The van der Waals surface area contributed by atoms with Crippen LogP contribution in [0, 0.1) is 12.7 Å². The van der Waals surface area contributed by atoms with Crippen LogP contribution in [-0.2, 0) is 13.0 Å². The Bertz CT molecular complexity index is 1420. The van der Waals surface area contributed by atoms with Gasteiger partial charge in [-0.2, -0.15) is 0 Å². The highest BCUT2D eigenvalue weighted by molar-refractivity contribution is 6.30. The van der Waals surface area contributed by atoms with Gasteiger partial charge in [-0.1, -0.05) is 23.7 Å². The summed E-state index contributed by atoms with van der Waals surface area (Å²) in [7, 11) is 0. The number of carbonyl (C=O) groups excluding carboxylic acids is 2. The molecule has 0 saturated heterocycles. The summed E-state index contributed by atoms with van der Waals surface area (Å²) in [5.74, 6) is -2.51. The summed E-state index contributed by atoms with van der Waals surface area (Å²) < 4.78 is 15.6. The fourth-order valence-electron chi connectivity index (χ4n) is 4.63. The number of pyridine rings is 1. The smallest absolute Gasteiger partial charge is 0.279 e. The number of benzene rings is 2. The highest BCUT2D eigenvalue weighted by atomic mass is 35.5. The maximum Gasteiger partial charge on any atom is 0.279 e. The maximum atomic E-state index is 14.1. The molecule has 174 valence electrons. The molecular weight excluding hydrogens is 461 g/mol.